The van der Waals surface area contributed by atoms with Gasteiger partial charge in [-0.2, -0.15) is 0 Å². The van der Waals surface area contributed by atoms with Crippen molar-refractivity contribution >= 4 is 0 Å². The van der Waals surface area contributed by atoms with Crippen LogP contribution in [0.15, 0.2) is 54.6 Å². The highest BCUT2D eigenvalue weighted by molar-refractivity contribution is 5.84. The van der Waals surface area contributed by atoms with Crippen molar-refractivity contribution in [1.29, 1.82) is 0 Å². The summed E-state index contributed by atoms with van der Waals surface area (Å²) in [5.74, 6) is 0. The van der Waals surface area contributed by atoms with E-state index in [2.05, 4.69) is 89.2 Å². The third-order valence-corrected chi connectivity index (χ3v) is 5.55. The van der Waals surface area contributed by atoms with Gasteiger partial charge in [0, 0.05) is 5.41 Å². The average molecular weight is 312 g/mol. The molecule has 120 valence electrons. The first-order valence-electron chi connectivity index (χ1n) is 8.72. The highest BCUT2D eigenvalue weighted by atomic mass is 14.4. The fourth-order valence-electron chi connectivity index (χ4n) is 4.50. The maximum Gasteiger partial charge on any atom is 0.0159 e. The van der Waals surface area contributed by atoms with Gasteiger partial charge < -0.3 is 0 Å². The topological polar surface area (TPSA) is 0 Å². The number of hydrogen-bond donors (Lipinski definition) is 0. The van der Waals surface area contributed by atoms with Crippen LogP contribution < -0.4 is 0 Å². The van der Waals surface area contributed by atoms with Crippen molar-refractivity contribution in [1.82, 2.24) is 0 Å². The Morgan fingerprint density at radius 2 is 1.29 bits per heavy atom. The lowest BCUT2D eigenvalue weighted by Crippen LogP contribution is -2.14. The van der Waals surface area contributed by atoms with Crippen molar-refractivity contribution in [2.75, 3.05) is 0 Å². The summed E-state index contributed by atoms with van der Waals surface area (Å²) < 4.78 is 0. The zero-order valence-electron chi connectivity index (χ0n) is 15.2. The Kier molecular flexibility index (Phi) is 3.22. The molecule has 0 N–H and O–H groups in total. The van der Waals surface area contributed by atoms with E-state index in [0.717, 1.165) is 0 Å². The van der Waals surface area contributed by atoms with Gasteiger partial charge in [-0.3, -0.25) is 0 Å². The summed E-state index contributed by atoms with van der Waals surface area (Å²) in [7, 11) is 0. The van der Waals surface area contributed by atoms with Gasteiger partial charge in [-0.25, -0.2) is 0 Å². The van der Waals surface area contributed by atoms with Crippen LogP contribution in [-0.4, -0.2) is 0 Å². The van der Waals surface area contributed by atoms with Gasteiger partial charge >= 0.3 is 0 Å². The Bertz CT molecular complexity index is 935. The summed E-state index contributed by atoms with van der Waals surface area (Å²) in [4.78, 5) is 0. The molecule has 0 aromatic heterocycles. The van der Waals surface area contributed by atoms with Crippen LogP contribution in [0.1, 0.15) is 41.7 Å². The standard InChI is InChI=1S/C24H24/c1-15-12-16(2)23(17(3)13-15)18-10-11-20-19-8-6-7-9-21(19)24(4,5)22(20)14-18/h6-14H,1-5H3. The minimum absolute atomic E-state index is 0.0639. The average Bonchev–Trinajstić information content (AvgIpc) is 2.75. The molecule has 1 aliphatic rings. The second kappa shape index (κ2) is 5.08. The van der Waals surface area contributed by atoms with Gasteiger partial charge in [0.2, 0.25) is 0 Å². The summed E-state index contributed by atoms with van der Waals surface area (Å²) in [6.45, 7) is 11.3. The lowest BCUT2D eigenvalue weighted by molar-refractivity contribution is 0.660. The highest BCUT2D eigenvalue weighted by Gasteiger charge is 2.35. The molecule has 0 atom stereocenters. The van der Waals surface area contributed by atoms with E-state index in [4.69, 9.17) is 0 Å². The van der Waals surface area contributed by atoms with Gasteiger partial charge in [0.1, 0.15) is 0 Å². The molecule has 0 fully saturated rings. The number of aryl methyl sites for hydroxylation is 3. The summed E-state index contributed by atoms with van der Waals surface area (Å²) in [5, 5.41) is 0. The summed E-state index contributed by atoms with van der Waals surface area (Å²) in [6, 6.07) is 20.4. The maximum atomic E-state index is 2.42. The second-order valence-electron chi connectivity index (χ2n) is 7.70. The molecule has 0 heterocycles. The van der Waals surface area contributed by atoms with Crippen molar-refractivity contribution in [3.05, 3.63) is 82.4 Å². The Labute approximate surface area is 145 Å². The van der Waals surface area contributed by atoms with E-state index < -0.39 is 0 Å². The maximum absolute atomic E-state index is 2.42. The predicted octanol–water partition coefficient (Wildman–Crippen LogP) is 6.59. The molecule has 0 aliphatic heterocycles. The number of benzene rings is 3. The molecule has 4 rings (SSSR count). The monoisotopic (exact) mass is 312 g/mol. The molecule has 0 heteroatoms. The number of hydrogen-bond acceptors (Lipinski definition) is 0. The second-order valence-corrected chi connectivity index (χ2v) is 7.70. The molecule has 24 heavy (non-hydrogen) atoms. The molecular formula is C24H24. The molecule has 3 aromatic carbocycles. The molecule has 0 unspecified atom stereocenters. The molecule has 0 radical (unpaired) electrons. The van der Waals surface area contributed by atoms with E-state index in [1.165, 1.54) is 50.1 Å². The number of rotatable bonds is 1. The van der Waals surface area contributed by atoms with E-state index in [0.29, 0.717) is 0 Å². The normalized spacial score (nSPS) is 14.4. The first-order valence-corrected chi connectivity index (χ1v) is 8.72. The van der Waals surface area contributed by atoms with Crippen molar-refractivity contribution in [2.24, 2.45) is 0 Å². The minimum Gasteiger partial charge on any atom is -0.0619 e. The Hall–Kier alpha value is -2.34. The van der Waals surface area contributed by atoms with Crippen LogP contribution in [0.2, 0.25) is 0 Å². The van der Waals surface area contributed by atoms with Crippen LogP contribution in [0.5, 0.6) is 0 Å². The smallest absolute Gasteiger partial charge is 0.0159 e. The molecule has 0 saturated heterocycles. The third-order valence-electron chi connectivity index (χ3n) is 5.55. The molecular weight excluding hydrogens is 288 g/mol. The predicted molar refractivity (Wildman–Crippen MR) is 104 cm³/mol. The van der Waals surface area contributed by atoms with Gasteiger partial charge in [-0.15, -0.1) is 0 Å². The fourth-order valence-corrected chi connectivity index (χ4v) is 4.50. The van der Waals surface area contributed by atoms with Gasteiger partial charge in [-0.05, 0) is 71.3 Å². The quantitative estimate of drug-likeness (QED) is 0.476. The van der Waals surface area contributed by atoms with Gasteiger partial charge in [0.05, 0.1) is 0 Å². The van der Waals surface area contributed by atoms with Crippen molar-refractivity contribution in [3.8, 4) is 22.3 Å². The lowest BCUT2D eigenvalue weighted by Gasteiger charge is -2.22. The van der Waals surface area contributed by atoms with Crippen LogP contribution in [-0.2, 0) is 5.41 Å². The Balaban J connectivity index is 1.95. The summed E-state index contributed by atoms with van der Waals surface area (Å²) >= 11 is 0. The molecule has 1 aliphatic carbocycles. The summed E-state index contributed by atoms with van der Waals surface area (Å²) in [5.41, 5.74) is 12.5. The van der Waals surface area contributed by atoms with Crippen LogP contribution >= 0.6 is 0 Å². The van der Waals surface area contributed by atoms with Crippen molar-refractivity contribution in [2.45, 2.75) is 40.0 Å². The minimum atomic E-state index is 0.0639. The largest absolute Gasteiger partial charge is 0.0619 e. The van der Waals surface area contributed by atoms with Crippen molar-refractivity contribution < 1.29 is 0 Å². The van der Waals surface area contributed by atoms with Gasteiger partial charge in [0.15, 0.2) is 0 Å². The molecule has 0 nitrogen and oxygen atoms in total. The SMILES string of the molecule is Cc1cc(C)c(-c2ccc3c(c2)C(C)(C)c2ccccc2-3)c(C)c1. The van der Waals surface area contributed by atoms with Crippen LogP contribution in [0, 0.1) is 20.8 Å². The molecule has 0 bridgehead atoms. The summed E-state index contributed by atoms with van der Waals surface area (Å²) in [6.07, 6.45) is 0. The van der Waals surface area contributed by atoms with E-state index in [9.17, 15) is 0 Å². The van der Waals surface area contributed by atoms with Gasteiger partial charge in [-0.1, -0.05) is 67.9 Å². The first kappa shape index (κ1) is 15.2. The molecule has 3 aromatic rings. The zero-order valence-corrected chi connectivity index (χ0v) is 15.2. The lowest BCUT2D eigenvalue weighted by atomic mass is 9.81. The third kappa shape index (κ3) is 2.06. The number of fused-ring (bicyclic) bond motifs is 3. The van der Waals surface area contributed by atoms with Gasteiger partial charge in [0.25, 0.3) is 0 Å². The molecule has 0 spiro atoms. The Morgan fingerprint density at radius 3 is 2.00 bits per heavy atom. The van der Waals surface area contributed by atoms with Crippen LogP contribution in [0.25, 0.3) is 22.3 Å². The van der Waals surface area contributed by atoms with E-state index >= 15 is 0 Å². The first-order chi connectivity index (χ1) is 11.4. The van der Waals surface area contributed by atoms with E-state index in [1.807, 2.05) is 0 Å². The molecule has 0 saturated carbocycles. The van der Waals surface area contributed by atoms with E-state index in [-0.39, 0.29) is 5.41 Å². The van der Waals surface area contributed by atoms with E-state index in [1.54, 1.807) is 0 Å². The zero-order chi connectivity index (χ0) is 17.1. The van der Waals surface area contributed by atoms with Crippen molar-refractivity contribution in [3.63, 3.8) is 0 Å². The fraction of sp³-hybridized carbons (Fsp3) is 0.250. The van der Waals surface area contributed by atoms with Crippen LogP contribution in [0.3, 0.4) is 0 Å². The Morgan fingerprint density at radius 1 is 0.667 bits per heavy atom. The van der Waals surface area contributed by atoms with Crippen LogP contribution in [0.4, 0.5) is 0 Å². The molecule has 0 amide bonds. The highest BCUT2D eigenvalue weighted by Crippen LogP contribution is 2.49.